The van der Waals surface area contributed by atoms with Crippen LogP contribution in [0.25, 0.3) is 0 Å². The zero-order valence-corrected chi connectivity index (χ0v) is 5.72. The lowest BCUT2D eigenvalue weighted by atomic mass is 9.87. The first kappa shape index (κ1) is 6.57. The highest BCUT2D eigenvalue weighted by Gasteiger charge is 2.36. The van der Waals surface area contributed by atoms with Crippen LogP contribution < -0.4 is 5.73 Å². The van der Waals surface area contributed by atoms with Gasteiger partial charge in [-0.2, -0.15) is 5.26 Å². The van der Waals surface area contributed by atoms with E-state index in [-0.39, 0.29) is 11.5 Å². The minimum atomic E-state index is -0.222. The zero-order valence-electron chi connectivity index (χ0n) is 5.72. The van der Waals surface area contributed by atoms with Gasteiger partial charge in [0.15, 0.2) is 0 Å². The summed E-state index contributed by atoms with van der Waals surface area (Å²) in [6.07, 6.45) is 3.11. The van der Waals surface area contributed by atoms with Crippen molar-refractivity contribution in [3.63, 3.8) is 0 Å². The molecule has 1 saturated carbocycles. The Morgan fingerprint density at radius 1 is 1.78 bits per heavy atom. The molecule has 0 radical (unpaired) electrons. The lowest BCUT2D eigenvalue weighted by molar-refractivity contribution is 0.402. The lowest BCUT2D eigenvalue weighted by Gasteiger charge is -2.18. The van der Waals surface area contributed by atoms with Gasteiger partial charge in [0.25, 0.3) is 0 Å². The van der Waals surface area contributed by atoms with Crippen LogP contribution in [0.2, 0.25) is 0 Å². The van der Waals surface area contributed by atoms with E-state index in [1.807, 2.05) is 6.92 Å². The topological polar surface area (TPSA) is 49.8 Å². The second-order valence-electron chi connectivity index (χ2n) is 3.03. The van der Waals surface area contributed by atoms with Crippen molar-refractivity contribution in [3.8, 4) is 6.07 Å². The Bertz CT molecular complexity index is 147. The zero-order chi connectivity index (χ0) is 6.91. The number of nitrogens with zero attached hydrogens (tertiary/aromatic N) is 1. The van der Waals surface area contributed by atoms with Crippen molar-refractivity contribution in [2.75, 3.05) is 0 Å². The van der Waals surface area contributed by atoms with E-state index in [9.17, 15) is 0 Å². The lowest BCUT2D eigenvalue weighted by Crippen LogP contribution is -2.32. The molecule has 0 aliphatic heterocycles. The summed E-state index contributed by atoms with van der Waals surface area (Å²) >= 11 is 0. The molecule has 0 heterocycles. The molecule has 50 valence electrons. The molecule has 0 aromatic rings. The van der Waals surface area contributed by atoms with Gasteiger partial charge < -0.3 is 5.73 Å². The van der Waals surface area contributed by atoms with Crippen LogP contribution in [0.5, 0.6) is 0 Å². The molecule has 1 fully saturated rings. The van der Waals surface area contributed by atoms with Gasteiger partial charge in [-0.05, 0) is 19.8 Å². The van der Waals surface area contributed by atoms with Crippen molar-refractivity contribution in [2.24, 2.45) is 11.1 Å². The molecular weight excluding hydrogens is 112 g/mol. The average Bonchev–Trinajstić information content (AvgIpc) is 2.15. The second-order valence-corrected chi connectivity index (χ2v) is 3.03. The predicted octanol–water partition coefficient (Wildman–Crippen LogP) is 1.03. The van der Waals surface area contributed by atoms with E-state index in [1.165, 1.54) is 0 Å². The third-order valence-electron chi connectivity index (χ3n) is 2.29. The van der Waals surface area contributed by atoms with E-state index >= 15 is 0 Å². The number of hydrogen-bond acceptors (Lipinski definition) is 2. The summed E-state index contributed by atoms with van der Waals surface area (Å²) in [6.45, 7) is 1.95. The van der Waals surface area contributed by atoms with Gasteiger partial charge >= 0.3 is 0 Å². The molecular formula is C7H12N2. The smallest absolute Gasteiger partial charge is 0.0703 e. The van der Waals surface area contributed by atoms with Crippen molar-refractivity contribution in [3.05, 3.63) is 0 Å². The SMILES string of the molecule is C[C@@]1(C#N)CCC[C@H]1N. The maximum Gasteiger partial charge on any atom is 0.0703 e. The standard InChI is InChI=1S/C7H12N2/c1-7(5-8)4-2-3-6(7)9/h6H,2-4,9H2,1H3/t6-,7+/m1/s1. The fourth-order valence-electron chi connectivity index (χ4n) is 1.33. The van der Waals surface area contributed by atoms with Crippen LogP contribution in [0.1, 0.15) is 26.2 Å². The van der Waals surface area contributed by atoms with Crippen LogP contribution in [0, 0.1) is 16.7 Å². The van der Waals surface area contributed by atoms with E-state index in [4.69, 9.17) is 11.0 Å². The van der Waals surface area contributed by atoms with Crippen LogP contribution in [-0.4, -0.2) is 6.04 Å². The highest BCUT2D eigenvalue weighted by atomic mass is 14.7. The molecule has 0 aromatic heterocycles. The van der Waals surface area contributed by atoms with Gasteiger partial charge in [-0.1, -0.05) is 6.42 Å². The van der Waals surface area contributed by atoms with Gasteiger partial charge in [-0.3, -0.25) is 0 Å². The largest absolute Gasteiger partial charge is 0.326 e. The molecule has 0 saturated heterocycles. The van der Waals surface area contributed by atoms with Crippen molar-refractivity contribution in [1.29, 1.82) is 5.26 Å². The first-order valence-electron chi connectivity index (χ1n) is 3.36. The molecule has 0 spiro atoms. The van der Waals surface area contributed by atoms with Gasteiger partial charge in [0.2, 0.25) is 0 Å². The number of rotatable bonds is 0. The minimum absolute atomic E-state index is 0.113. The molecule has 2 atom stereocenters. The van der Waals surface area contributed by atoms with Crippen molar-refractivity contribution in [2.45, 2.75) is 32.2 Å². The highest BCUT2D eigenvalue weighted by Crippen LogP contribution is 2.35. The summed E-state index contributed by atoms with van der Waals surface area (Å²) in [5, 5.41) is 8.67. The molecule has 0 unspecified atom stereocenters. The maximum absolute atomic E-state index is 8.67. The van der Waals surface area contributed by atoms with E-state index < -0.39 is 0 Å². The van der Waals surface area contributed by atoms with Crippen molar-refractivity contribution in [1.82, 2.24) is 0 Å². The van der Waals surface area contributed by atoms with Gasteiger partial charge in [-0.25, -0.2) is 0 Å². The summed E-state index contributed by atoms with van der Waals surface area (Å²) in [4.78, 5) is 0. The number of hydrogen-bond donors (Lipinski definition) is 1. The first-order valence-corrected chi connectivity index (χ1v) is 3.36. The minimum Gasteiger partial charge on any atom is -0.326 e. The molecule has 9 heavy (non-hydrogen) atoms. The monoisotopic (exact) mass is 124 g/mol. The second kappa shape index (κ2) is 2.00. The van der Waals surface area contributed by atoms with Crippen LogP contribution in [0.3, 0.4) is 0 Å². The van der Waals surface area contributed by atoms with Crippen LogP contribution in [0.15, 0.2) is 0 Å². The Kier molecular flexibility index (Phi) is 1.46. The molecule has 2 nitrogen and oxygen atoms in total. The summed E-state index contributed by atoms with van der Waals surface area (Å²) in [5.41, 5.74) is 5.48. The third-order valence-corrected chi connectivity index (χ3v) is 2.29. The van der Waals surface area contributed by atoms with Gasteiger partial charge in [0, 0.05) is 6.04 Å². The first-order chi connectivity index (χ1) is 4.19. The summed E-state index contributed by atoms with van der Waals surface area (Å²) in [7, 11) is 0. The Morgan fingerprint density at radius 3 is 2.67 bits per heavy atom. The summed E-state index contributed by atoms with van der Waals surface area (Å²) in [6, 6.07) is 2.38. The molecule has 1 rings (SSSR count). The summed E-state index contributed by atoms with van der Waals surface area (Å²) in [5.74, 6) is 0. The number of nitriles is 1. The molecule has 0 bridgehead atoms. The fraction of sp³-hybridized carbons (Fsp3) is 0.857. The Labute approximate surface area is 55.7 Å². The molecule has 2 N–H and O–H groups in total. The van der Waals surface area contributed by atoms with E-state index in [0.29, 0.717) is 0 Å². The van der Waals surface area contributed by atoms with Gasteiger partial charge in [0.1, 0.15) is 0 Å². The maximum atomic E-state index is 8.67. The average molecular weight is 124 g/mol. The highest BCUT2D eigenvalue weighted by molar-refractivity contribution is 5.05. The summed E-state index contributed by atoms with van der Waals surface area (Å²) < 4.78 is 0. The fourth-order valence-corrected chi connectivity index (χ4v) is 1.33. The quantitative estimate of drug-likeness (QED) is 0.524. The van der Waals surface area contributed by atoms with Crippen LogP contribution in [0.4, 0.5) is 0 Å². The molecule has 2 heteroatoms. The van der Waals surface area contributed by atoms with Gasteiger partial charge in [0.05, 0.1) is 11.5 Å². The Balaban J connectivity index is 2.70. The Hall–Kier alpha value is -0.550. The molecule has 0 amide bonds. The van der Waals surface area contributed by atoms with Crippen molar-refractivity contribution >= 4 is 0 Å². The predicted molar refractivity (Wildman–Crippen MR) is 35.5 cm³/mol. The molecule has 1 aliphatic rings. The van der Waals surface area contributed by atoms with Crippen LogP contribution in [-0.2, 0) is 0 Å². The Morgan fingerprint density at radius 2 is 2.44 bits per heavy atom. The van der Waals surface area contributed by atoms with E-state index in [1.54, 1.807) is 0 Å². The normalized spacial score (nSPS) is 42.6. The van der Waals surface area contributed by atoms with Crippen molar-refractivity contribution < 1.29 is 0 Å². The van der Waals surface area contributed by atoms with Crippen LogP contribution >= 0.6 is 0 Å². The third kappa shape index (κ3) is 0.927. The molecule has 1 aliphatic carbocycles. The van der Waals surface area contributed by atoms with Gasteiger partial charge in [-0.15, -0.1) is 0 Å². The number of nitrogens with two attached hydrogens (primary N) is 1. The van der Waals surface area contributed by atoms with E-state index in [0.717, 1.165) is 19.3 Å². The molecule has 0 aromatic carbocycles. The van der Waals surface area contributed by atoms with E-state index in [2.05, 4.69) is 6.07 Å².